The molecule has 0 heterocycles. The van der Waals surface area contributed by atoms with E-state index in [1.807, 2.05) is 0 Å². The zero-order valence-corrected chi connectivity index (χ0v) is 12.5. The maximum Gasteiger partial charge on any atom is 0.124 e. The summed E-state index contributed by atoms with van der Waals surface area (Å²) in [6, 6.07) is 4.74. The zero-order valence-electron chi connectivity index (χ0n) is 11.8. The molecule has 0 saturated carbocycles. The topological polar surface area (TPSA) is 38.0 Å². The Kier molecular flexibility index (Phi) is 7.36. The molecule has 0 aliphatic rings. The van der Waals surface area contributed by atoms with E-state index >= 15 is 0 Å². The second-order valence-electron chi connectivity index (χ2n) is 5.05. The van der Waals surface area contributed by atoms with Gasteiger partial charge in [-0.25, -0.2) is 4.39 Å². The van der Waals surface area contributed by atoms with Gasteiger partial charge in [0.2, 0.25) is 0 Å². The van der Waals surface area contributed by atoms with Crippen LogP contribution >= 0.6 is 11.6 Å². The molecule has 3 N–H and O–H groups in total. The van der Waals surface area contributed by atoms with Gasteiger partial charge in [-0.05, 0) is 42.9 Å². The Bertz CT molecular complexity index is 378. The molecule has 0 amide bonds. The van der Waals surface area contributed by atoms with Gasteiger partial charge < -0.3 is 0 Å². The van der Waals surface area contributed by atoms with E-state index in [0.29, 0.717) is 10.9 Å². The van der Waals surface area contributed by atoms with Crippen LogP contribution in [0.1, 0.15) is 45.1 Å². The number of halogens is 2. The zero-order chi connectivity index (χ0) is 14.3. The van der Waals surface area contributed by atoms with Gasteiger partial charge >= 0.3 is 0 Å². The minimum absolute atomic E-state index is 0.183. The maximum absolute atomic E-state index is 13.0. The van der Waals surface area contributed by atoms with Gasteiger partial charge in [0, 0.05) is 11.1 Å². The Labute approximate surface area is 120 Å². The highest BCUT2D eigenvalue weighted by Gasteiger charge is 2.20. The van der Waals surface area contributed by atoms with Crippen molar-refractivity contribution in [1.82, 2.24) is 5.43 Å². The predicted molar refractivity (Wildman–Crippen MR) is 79.5 cm³/mol. The van der Waals surface area contributed by atoms with E-state index in [2.05, 4.69) is 19.3 Å². The van der Waals surface area contributed by atoms with Crippen LogP contribution in [0.4, 0.5) is 4.39 Å². The molecule has 0 saturated heterocycles. The molecule has 4 heteroatoms. The van der Waals surface area contributed by atoms with Crippen molar-refractivity contribution in [3.05, 3.63) is 34.6 Å². The standard InChI is InChI=1S/C15H24ClFN2/c1-3-5-11(6-4-2)15(19-18)9-12-7-8-13(17)10-14(12)16/h7-8,10-11,15,19H,3-6,9,18H2,1-2H3. The lowest BCUT2D eigenvalue weighted by Crippen LogP contribution is -2.42. The molecule has 0 fully saturated rings. The summed E-state index contributed by atoms with van der Waals surface area (Å²) < 4.78 is 13.0. The van der Waals surface area contributed by atoms with Gasteiger partial charge in [-0.15, -0.1) is 0 Å². The van der Waals surface area contributed by atoms with Gasteiger partial charge in [0.25, 0.3) is 0 Å². The van der Waals surface area contributed by atoms with Crippen molar-refractivity contribution >= 4 is 11.6 Å². The number of hydrogen-bond donors (Lipinski definition) is 2. The second kappa shape index (κ2) is 8.51. The molecule has 0 bridgehead atoms. The van der Waals surface area contributed by atoms with Crippen molar-refractivity contribution in [2.75, 3.05) is 0 Å². The molecule has 0 aliphatic heterocycles. The summed E-state index contributed by atoms with van der Waals surface area (Å²) in [6.07, 6.45) is 5.29. The Morgan fingerprint density at radius 3 is 2.37 bits per heavy atom. The Morgan fingerprint density at radius 1 is 1.26 bits per heavy atom. The van der Waals surface area contributed by atoms with Gasteiger partial charge in [0.15, 0.2) is 0 Å². The van der Waals surface area contributed by atoms with Gasteiger partial charge in [0.05, 0.1) is 0 Å². The van der Waals surface area contributed by atoms with Crippen molar-refractivity contribution < 1.29 is 4.39 Å². The Hall–Kier alpha value is -0.640. The van der Waals surface area contributed by atoms with E-state index < -0.39 is 0 Å². The van der Waals surface area contributed by atoms with Gasteiger partial charge in [-0.1, -0.05) is 44.4 Å². The molecule has 0 spiro atoms. The molecule has 2 nitrogen and oxygen atoms in total. The minimum Gasteiger partial charge on any atom is -0.271 e. The molecular weight excluding hydrogens is 263 g/mol. The normalized spacial score (nSPS) is 12.9. The largest absolute Gasteiger partial charge is 0.271 e. The third-order valence-electron chi connectivity index (χ3n) is 3.56. The van der Waals surface area contributed by atoms with Crippen LogP contribution in [0, 0.1) is 11.7 Å². The summed E-state index contributed by atoms with van der Waals surface area (Å²) in [5.74, 6) is 5.92. The average molecular weight is 287 g/mol. The molecule has 1 unspecified atom stereocenters. The number of benzene rings is 1. The SMILES string of the molecule is CCCC(CCC)C(Cc1ccc(F)cc1Cl)NN. The highest BCUT2D eigenvalue weighted by molar-refractivity contribution is 6.31. The average Bonchev–Trinajstić information content (AvgIpc) is 2.38. The number of hydrogen-bond acceptors (Lipinski definition) is 2. The summed E-state index contributed by atoms with van der Waals surface area (Å²) in [5.41, 5.74) is 3.86. The third-order valence-corrected chi connectivity index (χ3v) is 3.91. The Balaban J connectivity index is 2.78. The Morgan fingerprint density at radius 2 is 1.89 bits per heavy atom. The van der Waals surface area contributed by atoms with E-state index in [-0.39, 0.29) is 11.9 Å². The van der Waals surface area contributed by atoms with Crippen LogP contribution in [0.5, 0.6) is 0 Å². The fraction of sp³-hybridized carbons (Fsp3) is 0.600. The van der Waals surface area contributed by atoms with E-state index in [1.54, 1.807) is 6.07 Å². The molecule has 19 heavy (non-hydrogen) atoms. The highest BCUT2D eigenvalue weighted by Crippen LogP contribution is 2.24. The second-order valence-corrected chi connectivity index (χ2v) is 5.46. The summed E-state index contributed by atoms with van der Waals surface area (Å²) in [5, 5.41) is 0.479. The molecule has 0 radical (unpaired) electrons. The molecule has 108 valence electrons. The fourth-order valence-electron chi connectivity index (χ4n) is 2.57. The van der Waals surface area contributed by atoms with Crippen molar-refractivity contribution in [1.29, 1.82) is 0 Å². The van der Waals surface area contributed by atoms with E-state index in [4.69, 9.17) is 17.4 Å². The molecular formula is C15H24ClFN2. The fourth-order valence-corrected chi connectivity index (χ4v) is 2.82. The predicted octanol–water partition coefficient (Wildman–Crippen LogP) is 4.07. The quantitative estimate of drug-likeness (QED) is 0.558. The van der Waals surface area contributed by atoms with E-state index in [9.17, 15) is 4.39 Å². The first-order valence-electron chi connectivity index (χ1n) is 7.02. The van der Waals surface area contributed by atoms with Crippen LogP contribution in [0.3, 0.4) is 0 Å². The lowest BCUT2D eigenvalue weighted by molar-refractivity contribution is 0.311. The highest BCUT2D eigenvalue weighted by atomic mass is 35.5. The number of nitrogens with two attached hydrogens (primary N) is 1. The first-order chi connectivity index (χ1) is 9.12. The van der Waals surface area contributed by atoms with Crippen LogP contribution in [0.25, 0.3) is 0 Å². The lowest BCUT2D eigenvalue weighted by atomic mass is 9.87. The lowest BCUT2D eigenvalue weighted by Gasteiger charge is -2.26. The van der Waals surface area contributed by atoms with E-state index in [0.717, 1.165) is 37.7 Å². The maximum atomic E-state index is 13.0. The van der Waals surface area contributed by atoms with Gasteiger partial charge in [-0.2, -0.15) is 0 Å². The van der Waals surface area contributed by atoms with Crippen LogP contribution in [-0.2, 0) is 6.42 Å². The third kappa shape index (κ3) is 5.09. The minimum atomic E-state index is -0.301. The van der Waals surface area contributed by atoms with Crippen molar-refractivity contribution in [2.24, 2.45) is 11.8 Å². The van der Waals surface area contributed by atoms with Crippen LogP contribution in [-0.4, -0.2) is 6.04 Å². The molecule has 1 aromatic carbocycles. The molecule has 0 aliphatic carbocycles. The van der Waals surface area contributed by atoms with Crippen molar-refractivity contribution in [2.45, 2.75) is 52.0 Å². The monoisotopic (exact) mass is 286 g/mol. The van der Waals surface area contributed by atoms with Crippen LogP contribution in [0.2, 0.25) is 5.02 Å². The summed E-state index contributed by atoms with van der Waals surface area (Å²) >= 11 is 6.08. The molecule has 0 aromatic heterocycles. The van der Waals surface area contributed by atoms with Crippen LogP contribution in [0.15, 0.2) is 18.2 Å². The summed E-state index contributed by atoms with van der Waals surface area (Å²) in [7, 11) is 0. The molecule has 1 atom stereocenters. The number of hydrazine groups is 1. The molecule has 1 rings (SSSR count). The first kappa shape index (κ1) is 16.4. The summed E-state index contributed by atoms with van der Waals surface area (Å²) in [6.45, 7) is 4.36. The first-order valence-corrected chi connectivity index (χ1v) is 7.40. The van der Waals surface area contributed by atoms with E-state index in [1.165, 1.54) is 12.1 Å². The number of rotatable bonds is 8. The molecule has 1 aromatic rings. The van der Waals surface area contributed by atoms with Crippen molar-refractivity contribution in [3.8, 4) is 0 Å². The smallest absolute Gasteiger partial charge is 0.124 e. The van der Waals surface area contributed by atoms with Crippen LogP contribution < -0.4 is 11.3 Å². The van der Waals surface area contributed by atoms with Gasteiger partial charge in [0.1, 0.15) is 5.82 Å². The van der Waals surface area contributed by atoms with Crippen molar-refractivity contribution in [3.63, 3.8) is 0 Å². The van der Waals surface area contributed by atoms with Gasteiger partial charge in [-0.3, -0.25) is 11.3 Å². The number of nitrogens with one attached hydrogen (secondary N) is 1. The summed E-state index contributed by atoms with van der Waals surface area (Å²) in [4.78, 5) is 0.